The maximum atomic E-state index is 13.7. The number of ether oxygens (including phenoxy) is 1. The molecule has 172 valence electrons. The lowest BCUT2D eigenvalue weighted by atomic mass is 9.91. The third-order valence-electron chi connectivity index (χ3n) is 6.44. The molecule has 1 amide bonds. The van der Waals surface area contributed by atoms with Crippen molar-refractivity contribution in [2.45, 2.75) is 24.2 Å². The highest BCUT2D eigenvalue weighted by molar-refractivity contribution is 7.89. The summed E-state index contributed by atoms with van der Waals surface area (Å²) in [6.07, 6.45) is 0.806. The van der Waals surface area contributed by atoms with Gasteiger partial charge in [0.15, 0.2) is 0 Å². The van der Waals surface area contributed by atoms with Crippen molar-refractivity contribution in [3.63, 3.8) is 0 Å². The van der Waals surface area contributed by atoms with E-state index in [9.17, 15) is 18.0 Å². The first-order valence-corrected chi connectivity index (χ1v) is 12.5. The molecule has 1 saturated heterocycles. The van der Waals surface area contributed by atoms with Crippen LogP contribution < -0.4 is 10.5 Å². The number of aromatic nitrogens is 1. The Balaban J connectivity index is 1.61. The summed E-state index contributed by atoms with van der Waals surface area (Å²) in [5, 5.41) is 0.407. The molecule has 0 spiro atoms. The standard InChI is InChI=1S/C24H25N3O5S/c1-16-8-9-27(22-5-3-2-4-18(16)22)24(29)20-15-23(28)25-21-7-6-17(14-19(20)21)33(30,31)26-10-12-32-13-11-26/h2-7,14-16H,8-13H2,1H3,(H,25,28). The molecule has 0 aliphatic carbocycles. The summed E-state index contributed by atoms with van der Waals surface area (Å²) >= 11 is 0. The maximum absolute atomic E-state index is 13.7. The Hall–Kier alpha value is -3.01. The fraction of sp³-hybridized carbons (Fsp3) is 0.333. The predicted molar refractivity (Wildman–Crippen MR) is 125 cm³/mol. The Kier molecular flexibility index (Phi) is 5.55. The number of para-hydroxylation sites is 1. The Labute approximate surface area is 191 Å². The third-order valence-corrected chi connectivity index (χ3v) is 8.34. The molecule has 2 aliphatic heterocycles. The smallest absolute Gasteiger partial charge is 0.259 e. The van der Waals surface area contributed by atoms with Gasteiger partial charge in [-0.3, -0.25) is 9.59 Å². The molecule has 1 aromatic heterocycles. The lowest BCUT2D eigenvalue weighted by Crippen LogP contribution is -2.40. The first-order chi connectivity index (χ1) is 15.9. The van der Waals surface area contributed by atoms with Crippen LogP contribution in [0.1, 0.15) is 35.2 Å². The second kappa shape index (κ2) is 8.40. The van der Waals surface area contributed by atoms with Crippen LogP contribution in [0.3, 0.4) is 0 Å². The lowest BCUT2D eigenvalue weighted by Gasteiger charge is -2.33. The van der Waals surface area contributed by atoms with E-state index >= 15 is 0 Å². The van der Waals surface area contributed by atoms with Crippen molar-refractivity contribution in [3.8, 4) is 0 Å². The van der Waals surface area contributed by atoms with E-state index in [1.165, 1.54) is 22.5 Å². The zero-order valence-corrected chi connectivity index (χ0v) is 19.1. The fourth-order valence-corrected chi connectivity index (χ4v) is 6.05. The van der Waals surface area contributed by atoms with E-state index < -0.39 is 15.6 Å². The summed E-state index contributed by atoms with van der Waals surface area (Å²) in [6.45, 7) is 3.90. The molecule has 0 saturated carbocycles. The average molecular weight is 468 g/mol. The molecule has 9 heteroatoms. The number of carbonyl (C=O) groups is 1. The average Bonchev–Trinajstić information content (AvgIpc) is 2.84. The molecule has 5 rings (SSSR count). The summed E-state index contributed by atoms with van der Waals surface area (Å²) < 4.78 is 33.0. The van der Waals surface area contributed by atoms with E-state index in [0.717, 1.165) is 17.7 Å². The summed E-state index contributed by atoms with van der Waals surface area (Å²) in [6, 6.07) is 13.5. The van der Waals surface area contributed by atoms with Gasteiger partial charge in [-0.1, -0.05) is 25.1 Å². The van der Waals surface area contributed by atoms with Crippen molar-refractivity contribution in [3.05, 3.63) is 70.0 Å². The van der Waals surface area contributed by atoms with Crippen LogP contribution in [0, 0.1) is 0 Å². The second-order valence-corrected chi connectivity index (χ2v) is 10.4. The molecule has 2 aromatic carbocycles. The number of carbonyl (C=O) groups excluding carboxylic acids is 1. The summed E-state index contributed by atoms with van der Waals surface area (Å²) in [4.78, 5) is 30.5. The van der Waals surface area contributed by atoms with E-state index in [2.05, 4.69) is 11.9 Å². The van der Waals surface area contributed by atoms with Crippen LogP contribution in [-0.2, 0) is 14.8 Å². The number of fused-ring (bicyclic) bond motifs is 2. The van der Waals surface area contributed by atoms with Gasteiger partial charge in [-0.15, -0.1) is 0 Å². The summed E-state index contributed by atoms with van der Waals surface area (Å²) in [5.74, 6) is 0.0119. The number of anilines is 1. The molecule has 0 bridgehead atoms. The van der Waals surface area contributed by atoms with Crippen LogP contribution in [0.2, 0.25) is 0 Å². The van der Waals surface area contributed by atoms with Gasteiger partial charge < -0.3 is 14.6 Å². The van der Waals surface area contributed by atoms with E-state index in [1.807, 2.05) is 24.3 Å². The lowest BCUT2D eigenvalue weighted by molar-refractivity contribution is 0.0730. The van der Waals surface area contributed by atoms with Crippen molar-refractivity contribution in [1.29, 1.82) is 0 Å². The van der Waals surface area contributed by atoms with Crippen molar-refractivity contribution in [2.75, 3.05) is 37.7 Å². The number of sulfonamides is 1. The van der Waals surface area contributed by atoms with Crippen LogP contribution in [0.4, 0.5) is 5.69 Å². The molecule has 0 radical (unpaired) electrons. The van der Waals surface area contributed by atoms with Crippen LogP contribution >= 0.6 is 0 Å². The minimum absolute atomic E-state index is 0.0886. The largest absolute Gasteiger partial charge is 0.379 e. The molecule has 3 aromatic rings. The fourth-order valence-electron chi connectivity index (χ4n) is 4.61. The number of rotatable bonds is 3. The van der Waals surface area contributed by atoms with Gasteiger partial charge in [0.25, 0.3) is 5.91 Å². The highest BCUT2D eigenvalue weighted by Gasteiger charge is 2.30. The maximum Gasteiger partial charge on any atom is 0.259 e. The van der Waals surface area contributed by atoms with Gasteiger partial charge in [0, 0.05) is 42.3 Å². The summed E-state index contributed by atoms with van der Waals surface area (Å²) in [5.41, 5.74) is 2.12. The summed E-state index contributed by atoms with van der Waals surface area (Å²) in [7, 11) is -3.75. The van der Waals surface area contributed by atoms with Gasteiger partial charge in [-0.05, 0) is 42.2 Å². The number of nitrogens with one attached hydrogen (secondary N) is 1. The van der Waals surface area contributed by atoms with E-state index in [4.69, 9.17) is 4.74 Å². The van der Waals surface area contributed by atoms with Gasteiger partial charge in [0.1, 0.15) is 0 Å². The molecule has 1 fully saturated rings. The van der Waals surface area contributed by atoms with Gasteiger partial charge in [0.05, 0.1) is 23.7 Å². The highest BCUT2D eigenvalue weighted by atomic mass is 32.2. The number of aromatic amines is 1. The zero-order valence-electron chi connectivity index (χ0n) is 18.3. The quantitative estimate of drug-likeness (QED) is 0.639. The number of H-pyrrole nitrogens is 1. The SMILES string of the molecule is CC1CCN(C(=O)c2cc(=O)[nH]c3ccc(S(=O)(=O)N4CCOCC4)cc23)c2ccccc21. The first kappa shape index (κ1) is 21.8. The number of amides is 1. The van der Waals surface area contributed by atoms with Crippen LogP contribution in [0.25, 0.3) is 10.9 Å². The number of morpholine rings is 1. The minimum Gasteiger partial charge on any atom is -0.379 e. The van der Waals surface area contributed by atoms with Crippen LogP contribution in [0.15, 0.2) is 58.2 Å². The third kappa shape index (κ3) is 3.86. The Morgan fingerprint density at radius 3 is 2.61 bits per heavy atom. The number of benzene rings is 2. The van der Waals surface area contributed by atoms with Gasteiger partial charge in [-0.25, -0.2) is 8.42 Å². The number of hydrogen-bond donors (Lipinski definition) is 1. The molecular formula is C24H25N3O5S. The monoisotopic (exact) mass is 467 g/mol. The number of pyridine rings is 1. The molecule has 2 aliphatic rings. The topological polar surface area (TPSA) is 99.8 Å². The van der Waals surface area contributed by atoms with Crippen molar-refractivity contribution < 1.29 is 17.9 Å². The zero-order chi connectivity index (χ0) is 23.2. The van der Waals surface area contributed by atoms with Crippen molar-refractivity contribution >= 4 is 32.5 Å². The molecule has 1 unspecified atom stereocenters. The van der Waals surface area contributed by atoms with Gasteiger partial charge in [-0.2, -0.15) is 4.31 Å². The predicted octanol–water partition coefficient (Wildman–Crippen LogP) is 2.70. The minimum atomic E-state index is -3.75. The number of hydrogen-bond acceptors (Lipinski definition) is 5. The van der Waals surface area contributed by atoms with Crippen LogP contribution in [-0.4, -0.2) is 56.5 Å². The van der Waals surface area contributed by atoms with E-state index in [0.29, 0.717) is 36.6 Å². The van der Waals surface area contributed by atoms with Crippen molar-refractivity contribution in [2.24, 2.45) is 0 Å². The molecule has 3 heterocycles. The van der Waals surface area contributed by atoms with E-state index in [1.54, 1.807) is 11.0 Å². The molecule has 8 nitrogen and oxygen atoms in total. The Morgan fingerprint density at radius 2 is 1.82 bits per heavy atom. The Morgan fingerprint density at radius 1 is 1.06 bits per heavy atom. The first-order valence-electron chi connectivity index (χ1n) is 11.0. The molecule has 33 heavy (non-hydrogen) atoms. The second-order valence-electron chi connectivity index (χ2n) is 8.48. The number of nitrogens with zero attached hydrogens (tertiary/aromatic N) is 2. The van der Waals surface area contributed by atoms with Gasteiger partial charge in [0.2, 0.25) is 15.6 Å². The normalized spacial score (nSPS) is 19.4. The molecule has 1 N–H and O–H groups in total. The molecular weight excluding hydrogens is 442 g/mol. The Bertz CT molecular complexity index is 1390. The van der Waals surface area contributed by atoms with E-state index in [-0.39, 0.29) is 29.5 Å². The highest BCUT2D eigenvalue weighted by Crippen LogP contribution is 2.36. The van der Waals surface area contributed by atoms with Crippen molar-refractivity contribution in [1.82, 2.24) is 9.29 Å². The van der Waals surface area contributed by atoms with Gasteiger partial charge >= 0.3 is 0 Å². The van der Waals surface area contributed by atoms with Crippen LogP contribution in [0.5, 0.6) is 0 Å². The molecule has 1 atom stereocenters.